The summed E-state index contributed by atoms with van der Waals surface area (Å²) in [7, 11) is 3.86. The third-order valence-electron chi connectivity index (χ3n) is 3.25. The average molecular weight is 246 g/mol. The summed E-state index contributed by atoms with van der Waals surface area (Å²) in [6.07, 6.45) is 4.50. The fourth-order valence-electron chi connectivity index (χ4n) is 2.29. The lowest BCUT2D eigenvalue weighted by molar-refractivity contribution is 0.192. The minimum absolute atomic E-state index is 0.857. The van der Waals surface area contributed by atoms with Crippen molar-refractivity contribution >= 4 is 10.9 Å². The molecule has 0 saturated heterocycles. The molecule has 0 bridgehead atoms. The summed E-state index contributed by atoms with van der Waals surface area (Å²) in [6, 6.07) is 8.55. The SMILES string of the molecule is COCCCCNCc1cn(C)c2ccccc12. The molecule has 0 aliphatic heterocycles. The second-order valence-corrected chi connectivity index (χ2v) is 4.66. The number of para-hydroxylation sites is 1. The maximum atomic E-state index is 5.04. The molecule has 1 N–H and O–H groups in total. The number of ether oxygens (including phenoxy) is 1. The number of fused-ring (bicyclic) bond motifs is 1. The van der Waals surface area contributed by atoms with Gasteiger partial charge in [-0.1, -0.05) is 18.2 Å². The summed E-state index contributed by atoms with van der Waals surface area (Å²) in [4.78, 5) is 0. The van der Waals surface area contributed by atoms with E-state index in [1.165, 1.54) is 22.9 Å². The zero-order valence-electron chi connectivity index (χ0n) is 11.3. The van der Waals surface area contributed by atoms with E-state index in [4.69, 9.17) is 4.74 Å². The third-order valence-corrected chi connectivity index (χ3v) is 3.25. The van der Waals surface area contributed by atoms with E-state index in [9.17, 15) is 0 Å². The Kier molecular flexibility index (Phi) is 4.79. The van der Waals surface area contributed by atoms with Crippen LogP contribution in [0.3, 0.4) is 0 Å². The Hall–Kier alpha value is -1.32. The molecule has 0 spiro atoms. The van der Waals surface area contributed by atoms with Gasteiger partial charge in [0.05, 0.1) is 0 Å². The summed E-state index contributed by atoms with van der Waals surface area (Å²) >= 11 is 0. The summed E-state index contributed by atoms with van der Waals surface area (Å²) in [5.41, 5.74) is 2.67. The number of benzene rings is 1. The minimum Gasteiger partial charge on any atom is -0.385 e. The van der Waals surface area contributed by atoms with Crippen LogP contribution in [0.2, 0.25) is 0 Å². The standard InChI is InChI=1S/C15H22N2O/c1-17-12-13(11-16-9-5-6-10-18-2)14-7-3-4-8-15(14)17/h3-4,7-8,12,16H,5-6,9-11H2,1-2H3. The molecule has 2 rings (SSSR count). The van der Waals surface area contributed by atoms with Crippen molar-refractivity contribution in [2.45, 2.75) is 19.4 Å². The van der Waals surface area contributed by atoms with Gasteiger partial charge in [0.15, 0.2) is 0 Å². The number of hydrogen-bond donors (Lipinski definition) is 1. The van der Waals surface area contributed by atoms with E-state index in [1.54, 1.807) is 7.11 Å². The van der Waals surface area contributed by atoms with Crippen molar-refractivity contribution in [3.8, 4) is 0 Å². The lowest BCUT2D eigenvalue weighted by Gasteiger charge is -2.03. The van der Waals surface area contributed by atoms with E-state index in [-0.39, 0.29) is 0 Å². The zero-order chi connectivity index (χ0) is 12.8. The van der Waals surface area contributed by atoms with Crippen molar-refractivity contribution in [2.24, 2.45) is 7.05 Å². The monoisotopic (exact) mass is 246 g/mol. The molecule has 0 aliphatic rings. The molecule has 0 radical (unpaired) electrons. The molecule has 0 unspecified atom stereocenters. The van der Waals surface area contributed by atoms with E-state index < -0.39 is 0 Å². The highest BCUT2D eigenvalue weighted by Crippen LogP contribution is 2.19. The molecule has 18 heavy (non-hydrogen) atoms. The third kappa shape index (κ3) is 3.12. The molecule has 0 amide bonds. The predicted octanol–water partition coefficient (Wildman–Crippen LogP) is 2.69. The molecule has 0 saturated carbocycles. The molecule has 1 aromatic heterocycles. The second kappa shape index (κ2) is 6.57. The number of hydrogen-bond acceptors (Lipinski definition) is 2. The van der Waals surface area contributed by atoms with Crippen molar-refractivity contribution in [3.63, 3.8) is 0 Å². The molecule has 3 nitrogen and oxygen atoms in total. The number of aryl methyl sites for hydroxylation is 1. The Balaban J connectivity index is 1.88. The van der Waals surface area contributed by atoms with Crippen LogP contribution >= 0.6 is 0 Å². The van der Waals surface area contributed by atoms with Crippen LogP contribution in [0.1, 0.15) is 18.4 Å². The van der Waals surface area contributed by atoms with Crippen LogP contribution in [0.25, 0.3) is 10.9 Å². The molecule has 98 valence electrons. The molecule has 1 heterocycles. The summed E-state index contributed by atoms with van der Waals surface area (Å²) in [6.45, 7) is 2.84. The van der Waals surface area contributed by atoms with Crippen molar-refractivity contribution in [2.75, 3.05) is 20.3 Å². The van der Waals surface area contributed by atoms with Gasteiger partial charge in [-0.2, -0.15) is 0 Å². The first-order valence-corrected chi connectivity index (χ1v) is 6.55. The van der Waals surface area contributed by atoms with Gasteiger partial charge in [0.25, 0.3) is 0 Å². The van der Waals surface area contributed by atoms with Crippen LogP contribution in [0, 0.1) is 0 Å². The summed E-state index contributed by atoms with van der Waals surface area (Å²) < 4.78 is 7.23. The fraction of sp³-hybridized carbons (Fsp3) is 0.467. The van der Waals surface area contributed by atoms with Crippen molar-refractivity contribution in [1.82, 2.24) is 9.88 Å². The van der Waals surface area contributed by atoms with Crippen molar-refractivity contribution < 1.29 is 4.74 Å². The largest absolute Gasteiger partial charge is 0.385 e. The molecular formula is C15H22N2O. The van der Waals surface area contributed by atoms with Crippen LogP contribution in [0.5, 0.6) is 0 Å². The quantitative estimate of drug-likeness (QED) is 0.760. The first-order valence-electron chi connectivity index (χ1n) is 6.55. The molecule has 1 aromatic carbocycles. The second-order valence-electron chi connectivity index (χ2n) is 4.66. The number of rotatable bonds is 7. The smallest absolute Gasteiger partial charge is 0.0481 e. The number of nitrogens with zero attached hydrogens (tertiary/aromatic N) is 1. The Labute approximate surface area is 109 Å². The maximum Gasteiger partial charge on any atom is 0.0481 e. The highest BCUT2D eigenvalue weighted by Gasteiger charge is 2.04. The summed E-state index contributed by atoms with van der Waals surface area (Å²) in [5, 5.41) is 4.85. The van der Waals surface area contributed by atoms with Gasteiger partial charge in [-0.3, -0.25) is 0 Å². The lowest BCUT2D eigenvalue weighted by atomic mass is 10.2. The highest BCUT2D eigenvalue weighted by molar-refractivity contribution is 5.83. The number of unbranched alkanes of at least 4 members (excludes halogenated alkanes) is 1. The van der Waals surface area contributed by atoms with Gasteiger partial charge in [0.1, 0.15) is 0 Å². The molecule has 3 heteroatoms. The van der Waals surface area contributed by atoms with Crippen molar-refractivity contribution in [3.05, 3.63) is 36.0 Å². The lowest BCUT2D eigenvalue weighted by Crippen LogP contribution is -2.14. The van der Waals surface area contributed by atoms with Crippen LogP contribution in [-0.4, -0.2) is 24.8 Å². The van der Waals surface area contributed by atoms with Gasteiger partial charge in [-0.05, 0) is 31.0 Å². The van der Waals surface area contributed by atoms with Gasteiger partial charge in [0.2, 0.25) is 0 Å². The first-order chi connectivity index (χ1) is 8.83. The topological polar surface area (TPSA) is 26.2 Å². The Bertz CT molecular complexity index is 490. The Morgan fingerprint density at radius 2 is 2.06 bits per heavy atom. The van der Waals surface area contributed by atoms with Gasteiger partial charge in [-0.15, -0.1) is 0 Å². The molecular weight excluding hydrogens is 224 g/mol. The highest BCUT2D eigenvalue weighted by atomic mass is 16.5. The number of aromatic nitrogens is 1. The molecule has 0 atom stereocenters. The minimum atomic E-state index is 0.857. The van der Waals surface area contributed by atoms with E-state index in [0.717, 1.165) is 26.1 Å². The van der Waals surface area contributed by atoms with Crippen molar-refractivity contribution in [1.29, 1.82) is 0 Å². The summed E-state index contributed by atoms with van der Waals surface area (Å²) in [5.74, 6) is 0. The molecule has 0 aliphatic carbocycles. The maximum absolute atomic E-state index is 5.04. The normalized spacial score (nSPS) is 11.2. The van der Waals surface area contributed by atoms with Crippen LogP contribution in [0.4, 0.5) is 0 Å². The number of nitrogens with one attached hydrogen (secondary N) is 1. The zero-order valence-corrected chi connectivity index (χ0v) is 11.3. The van der Waals surface area contributed by atoms with E-state index in [1.807, 2.05) is 0 Å². The Morgan fingerprint density at radius 3 is 2.89 bits per heavy atom. The van der Waals surface area contributed by atoms with Crippen LogP contribution in [-0.2, 0) is 18.3 Å². The first kappa shape index (κ1) is 13.1. The van der Waals surface area contributed by atoms with E-state index in [0.29, 0.717) is 0 Å². The average Bonchev–Trinajstić information content (AvgIpc) is 2.71. The van der Waals surface area contributed by atoms with E-state index >= 15 is 0 Å². The van der Waals surface area contributed by atoms with Crippen LogP contribution in [0.15, 0.2) is 30.5 Å². The predicted molar refractivity (Wildman–Crippen MR) is 75.7 cm³/mol. The van der Waals surface area contributed by atoms with E-state index in [2.05, 4.69) is 47.4 Å². The fourth-order valence-corrected chi connectivity index (χ4v) is 2.29. The van der Waals surface area contributed by atoms with Gasteiger partial charge >= 0.3 is 0 Å². The Morgan fingerprint density at radius 1 is 1.22 bits per heavy atom. The molecule has 0 fully saturated rings. The molecule has 2 aromatic rings. The van der Waals surface area contributed by atoms with Gasteiger partial charge in [0, 0.05) is 44.4 Å². The van der Waals surface area contributed by atoms with Gasteiger partial charge < -0.3 is 14.6 Å². The van der Waals surface area contributed by atoms with Crippen LogP contribution < -0.4 is 5.32 Å². The van der Waals surface area contributed by atoms with Gasteiger partial charge in [-0.25, -0.2) is 0 Å². The number of methoxy groups -OCH3 is 1.